The van der Waals surface area contributed by atoms with E-state index in [1.165, 1.54) is 6.07 Å². The highest BCUT2D eigenvalue weighted by molar-refractivity contribution is 6.04. The van der Waals surface area contributed by atoms with Crippen molar-refractivity contribution in [2.24, 2.45) is 0 Å². The number of aromatic amines is 1. The molecule has 1 atom stereocenters. The van der Waals surface area contributed by atoms with E-state index in [-0.39, 0.29) is 5.56 Å². The van der Waals surface area contributed by atoms with Crippen molar-refractivity contribution in [1.29, 1.82) is 0 Å². The Morgan fingerprint density at radius 3 is 2.36 bits per heavy atom. The fourth-order valence-electron chi connectivity index (χ4n) is 2.60. The Balaban J connectivity index is 1.88. The standard InChI is InChI=1S/C20H18N2O3/c1-13(23)15-9-5-6-10-18(15)22-20(25)16-11-12-17(21-19(16)24)14-7-3-2-4-8-14/h2-13,23H,1H3,(H,21,24)(H,22,25)/t13-/m1/s1. The number of hydrogen-bond donors (Lipinski definition) is 3. The van der Waals surface area contributed by atoms with Crippen LogP contribution < -0.4 is 10.9 Å². The quantitative estimate of drug-likeness (QED) is 0.684. The fourth-order valence-corrected chi connectivity index (χ4v) is 2.60. The largest absolute Gasteiger partial charge is 0.389 e. The summed E-state index contributed by atoms with van der Waals surface area (Å²) < 4.78 is 0. The molecule has 2 aromatic carbocycles. The van der Waals surface area contributed by atoms with Crippen molar-refractivity contribution in [3.05, 3.63) is 88.2 Å². The predicted molar refractivity (Wildman–Crippen MR) is 97.5 cm³/mol. The van der Waals surface area contributed by atoms with Crippen LogP contribution in [-0.2, 0) is 0 Å². The summed E-state index contributed by atoms with van der Waals surface area (Å²) in [5.74, 6) is -0.519. The van der Waals surface area contributed by atoms with Gasteiger partial charge in [-0.1, -0.05) is 48.5 Å². The van der Waals surface area contributed by atoms with E-state index in [1.54, 1.807) is 37.3 Å². The van der Waals surface area contributed by atoms with Gasteiger partial charge in [-0.3, -0.25) is 9.59 Å². The maximum Gasteiger partial charge on any atom is 0.261 e. The molecule has 0 bridgehead atoms. The monoisotopic (exact) mass is 334 g/mol. The Labute approximate surface area is 145 Å². The molecule has 3 rings (SSSR count). The molecule has 0 aliphatic heterocycles. The number of nitrogens with one attached hydrogen (secondary N) is 2. The molecule has 5 heteroatoms. The summed E-state index contributed by atoms with van der Waals surface area (Å²) >= 11 is 0. The van der Waals surface area contributed by atoms with Crippen molar-refractivity contribution in [2.45, 2.75) is 13.0 Å². The Morgan fingerprint density at radius 2 is 1.68 bits per heavy atom. The minimum Gasteiger partial charge on any atom is -0.389 e. The molecule has 0 unspecified atom stereocenters. The van der Waals surface area contributed by atoms with E-state index >= 15 is 0 Å². The molecule has 25 heavy (non-hydrogen) atoms. The van der Waals surface area contributed by atoms with Crippen molar-refractivity contribution < 1.29 is 9.90 Å². The van der Waals surface area contributed by atoms with Crippen molar-refractivity contribution in [3.63, 3.8) is 0 Å². The predicted octanol–water partition coefficient (Wildman–Crippen LogP) is 3.35. The second-order valence-electron chi connectivity index (χ2n) is 5.70. The number of para-hydroxylation sites is 1. The number of anilines is 1. The van der Waals surface area contributed by atoms with Crippen LogP contribution in [0.15, 0.2) is 71.5 Å². The van der Waals surface area contributed by atoms with Gasteiger partial charge < -0.3 is 15.4 Å². The first-order chi connectivity index (χ1) is 12.1. The Morgan fingerprint density at radius 1 is 1.00 bits per heavy atom. The number of carbonyl (C=O) groups is 1. The molecule has 1 aromatic heterocycles. The second-order valence-corrected chi connectivity index (χ2v) is 5.70. The molecule has 3 N–H and O–H groups in total. The lowest BCUT2D eigenvalue weighted by Gasteiger charge is -2.13. The number of carbonyl (C=O) groups excluding carboxylic acids is 1. The van der Waals surface area contributed by atoms with E-state index in [9.17, 15) is 14.7 Å². The first-order valence-corrected chi connectivity index (χ1v) is 7.93. The molecular formula is C20H18N2O3. The van der Waals surface area contributed by atoms with Gasteiger partial charge in [-0.2, -0.15) is 0 Å². The van der Waals surface area contributed by atoms with Crippen LogP contribution in [0.2, 0.25) is 0 Å². The second kappa shape index (κ2) is 7.15. The average Bonchev–Trinajstić information content (AvgIpc) is 2.62. The Kier molecular flexibility index (Phi) is 4.77. The van der Waals surface area contributed by atoms with Gasteiger partial charge in [-0.25, -0.2) is 0 Å². The number of amides is 1. The summed E-state index contributed by atoms with van der Waals surface area (Å²) in [6.45, 7) is 1.62. The summed E-state index contributed by atoms with van der Waals surface area (Å²) in [5.41, 5.74) is 2.13. The molecule has 1 amide bonds. The van der Waals surface area contributed by atoms with E-state index in [4.69, 9.17) is 0 Å². The van der Waals surface area contributed by atoms with E-state index in [2.05, 4.69) is 10.3 Å². The lowest BCUT2D eigenvalue weighted by atomic mass is 10.1. The van der Waals surface area contributed by atoms with Gasteiger partial charge in [0.2, 0.25) is 0 Å². The third-order valence-corrected chi connectivity index (χ3v) is 3.90. The Hall–Kier alpha value is -3.18. The van der Waals surface area contributed by atoms with Crippen LogP contribution in [0, 0.1) is 0 Å². The van der Waals surface area contributed by atoms with Crippen LogP contribution in [0.3, 0.4) is 0 Å². The Bertz CT molecular complexity index is 946. The molecule has 3 aromatic rings. The lowest BCUT2D eigenvalue weighted by molar-refractivity contribution is 0.102. The molecule has 0 radical (unpaired) electrons. The van der Waals surface area contributed by atoms with Crippen LogP contribution in [0.25, 0.3) is 11.3 Å². The molecular weight excluding hydrogens is 316 g/mol. The first-order valence-electron chi connectivity index (χ1n) is 7.93. The highest BCUT2D eigenvalue weighted by Gasteiger charge is 2.14. The highest BCUT2D eigenvalue weighted by Crippen LogP contribution is 2.22. The summed E-state index contributed by atoms with van der Waals surface area (Å²) in [6.07, 6.45) is -0.727. The van der Waals surface area contributed by atoms with Gasteiger partial charge >= 0.3 is 0 Å². The van der Waals surface area contributed by atoms with Gasteiger partial charge in [0.25, 0.3) is 11.5 Å². The zero-order chi connectivity index (χ0) is 17.8. The van der Waals surface area contributed by atoms with Gasteiger partial charge in [-0.15, -0.1) is 0 Å². The zero-order valence-electron chi connectivity index (χ0n) is 13.7. The number of hydrogen-bond acceptors (Lipinski definition) is 3. The van der Waals surface area contributed by atoms with Gasteiger partial charge in [-0.05, 0) is 30.7 Å². The number of aliphatic hydroxyl groups excluding tert-OH is 1. The molecule has 0 aliphatic carbocycles. The van der Waals surface area contributed by atoms with Gasteiger partial charge in [0.05, 0.1) is 6.10 Å². The highest BCUT2D eigenvalue weighted by atomic mass is 16.3. The number of aromatic nitrogens is 1. The molecule has 0 spiro atoms. The number of pyridine rings is 1. The van der Waals surface area contributed by atoms with Crippen molar-refractivity contribution in [1.82, 2.24) is 4.98 Å². The number of aliphatic hydroxyl groups is 1. The van der Waals surface area contributed by atoms with Crippen molar-refractivity contribution in [3.8, 4) is 11.3 Å². The minimum absolute atomic E-state index is 0.0140. The van der Waals surface area contributed by atoms with E-state index in [0.717, 1.165) is 5.56 Å². The maximum atomic E-state index is 12.4. The molecule has 5 nitrogen and oxygen atoms in total. The van der Waals surface area contributed by atoms with Crippen molar-refractivity contribution in [2.75, 3.05) is 5.32 Å². The first kappa shape index (κ1) is 16.7. The topological polar surface area (TPSA) is 82.2 Å². The molecule has 0 saturated carbocycles. The average molecular weight is 334 g/mol. The summed E-state index contributed by atoms with van der Waals surface area (Å²) in [7, 11) is 0. The van der Waals surface area contributed by atoms with E-state index in [0.29, 0.717) is 16.9 Å². The summed E-state index contributed by atoms with van der Waals surface area (Å²) in [4.78, 5) is 27.5. The molecule has 126 valence electrons. The SMILES string of the molecule is C[C@@H](O)c1ccccc1NC(=O)c1ccc(-c2ccccc2)[nH]c1=O. The number of benzene rings is 2. The van der Waals surface area contributed by atoms with E-state index in [1.807, 2.05) is 30.3 Å². The van der Waals surface area contributed by atoms with Crippen LogP contribution >= 0.6 is 0 Å². The molecule has 0 saturated heterocycles. The lowest BCUT2D eigenvalue weighted by Crippen LogP contribution is -2.23. The third-order valence-electron chi connectivity index (χ3n) is 3.90. The zero-order valence-corrected chi connectivity index (χ0v) is 13.7. The smallest absolute Gasteiger partial charge is 0.261 e. The summed E-state index contributed by atoms with van der Waals surface area (Å²) in [6, 6.07) is 19.5. The van der Waals surface area contributed by atoms with E-state index < -0.39 is 17.6 Å². The molecule has 0 fully saturated rings. The van der Waals surface area contributed by atoms with Crippen LogP contribution in [0.1, 0.15) is 28.9 Å². The maximum absolute atomic E-state index is 12.4. The summed E-state index contributed by atoms with van der Waals surface area (Å²) in [5, 5.41) is 12.5. The fraction of sp³-hybridized carbons (Fsp3) is 0.100. The van der Waals surface area contributed by atoms with Gasteiger partial charge in [0.15, 0.2) is 0 Å². The van der Waals surface area contributed by atoms with Crippen molar-refractivity contribution >= 4 is 11.6 Å². The van der Waals surface area contributed by atoms with Gasteiger partial charge in [0, 0.05) is 16.9 Å². The van der Waals surface area contributed by atoms with Crippen LogP contribution in [0.4, 0.5) is 5.69 Å². The molecule has 0 aliphatic rings. The van der Waals surface area contributed by atoms with Gasteiger partial charge in [0.1, 0.15) is 5.56 Å². The normalized spacial score (nSPS) is 11.8. The molecule has 1 heterocycles. The third kappa shape index (κ3) is 3.67. The number of rotatable bonds is 4. The number of H-pyrrole nitrogens is 1. The minimum atomic E-state index is -0.727. The van der Waals surface area contributed by atoms with Crippen LogP contribution in [-0.4, -0.2) is 16.0 Å². The van der Waals surface area contributed by atoms with Crippen LogP contribution in [0.5, 0.6) is 0 Å².